The summed E-state index contributed by atoms with van der Waals surface area (Å²) >= 11 is 2.92. The third-order valence-corrected chi connectivity index (χ3v) is 4.15. The first-order valence-electron chi connectivity index (χ1n) is 4.99. The van der Waals surface area contributed by atoms with Crippen molar-refractivity contribution in [1.82, 2.24) is 4.98 Å². The number of pyridine rings is 1. The average molecular weight is 349 g/mol. The number of rotatable bonds is 3. The fourth-order valence-corrected chi connectivity index (χ4v) is 2.57. The second-order valence-electron chi connectivity index (χ2n) is 3.53. The van der Waals surface area contributed by atoms with Gasteiger partial charge in [-0.1, -0.05) is 6.07 Å². The molecule has 8 heteroatoms. The van der Waals surface area contributed by atoms with Crippen molar-refractivity contribution in [2.24, 2.45) is 0 Å². The molecule has 1 heterocycles. The van der Waals surface area contributed by atoms with Crippen LogP contribution in [-0.2, 0) is 10.0 Å². The van der Waals surface area contributed by atoms with Gasteiger partial charge in [-0.05, 0) is 46.3 Å². The van der Waals surface area contributed by atoms with Crippen molar-refractivity contribution in [3.8, 4) is 0 Å². The lowest BCUT2D eigenvalue weighted by molar-refractivity contribution is 0.584. The number of aromatic nitrogens is 1. The maximum atomic E-state index is 13.3. The highest BCUT2D eigenvalue weighted by Gasteiger charge is 2.16. The standard InChI is InChI=1S/C11H7BrF2N2O2S/c12-8-5-4-7(6-9(8)13)19(17,18)16-11-3-1-2-10(14)15-11/h1-6H,(H,15,16). The molecule has 0 aliphatic rings. The molecule has 1 aromatic heterocycles. The second kappa shape index (κ2) is 5.22. The maximum Gasteiger partial charge on any atom is 0.263 e. The van der Waals surface area contributed by atoms with Crippen LogP contribution in [-0.4, -0.2) is 13.4 Å². The first-order chi connectivity index (χ1) is 8.88. The summed E-state index contributed by atoms with van der Waals surface area (Å²) in [5, 5.41) is 0. The van der Waals surface area contributed by atoms with E-state index in [2.05, 4.69) is 25.6 Å². The lowest BCUT2D eigenvalue weighted by atomic mass is 10.3. The van der Waals surface area contributed by atoms with Gasteiger partial charge in [-0.25, -0.2) is 17.8 Å². The minimum absolute atomic E-state index is 0.148. The molecular weight excluding hydrogens is 342 g/mol. The van der Waals surface area contributed by atoms with Crippen molar-refractivity contribution in [3.05, 3.63) is 52.6 Å². The van der Waals surface area contributed by atoms with E-state index >= 15 is 0 Å². The molecule has 0 radical (unpaired) electrons. The van der Waals surface area contributed by atoms with E-state index in [0.717, 1.165) is 12.1 Å². The quantitative estimate of drug-likeness (QED) is 0.867. The van der Waals surface area contributed by atoms with Crippen LogP contribution in [0.5, 0.6) is 0 Å². The van der Waals surface area contributed by atoms with E-state index < -0.39 is 21.8 Å². The highest BCUT2D eigenvalue weighted by Crippen LogP contribution is 2.21. The molecule has 0 aliphatic carbocycles. The molecule has 4 nitrogen and oxygen atoms in total. The smallest absolute Gasteiger partial charge is 0.263 e. The number of anilines is 1. The normalized spacial score (nSPS) is 11.3. The van der Waals surface area contributed by atoms with Gasteiger partial charge in [0, 0.05) is 0 Å². The molecule has 0 unspecified atom stereocenters. The van der Waals surface area contributed by atoms with Crippen LogP contribution in [0.25, 0.3) is 0 Å². The zero-order chi connectivity index (χ0) is 14.0. The lowest BCUT2D eigenvalue weighted by Gasteiger charge is -2.07. The van der Waals surface area contributed by atoms with Gasteiger partial charge in [-0.2, -0.15) is 4.39 Å². The Balaban J connectivity index is 2.35. The van der Waals surface area contributed by atoms with E-state index in [1.165, 1.54) is 24.3 Å². The van der Waals surface area contributed by atoms with Gasteiger partial charge in [0.05, 0.1) is 9.37 Å². The number of halogens is 3. The molecule has 1 N–H and O–H groups in total. The molecule has 0 atom stereocenters. The Bertz CT molecular complexity index is 722. The molecule has 2 rings (SSSR count). The van der Waals surface area contributed by atoms with Crippen LogP contribution in [0.4, 0.5) is 14.6 Å². The van der Waals surface area contributed by atoms with E-state index in [4.69, 9.17) is 0 Å². The Morgan fingerprint density at radius 1 is 1.16 bits per heavy atom. The zero-order valence-corrected chi connectivity index (χ0v) is 11.7. The Morgan fingerprint density at radius 3 is 2.53 bits per heavy atom. The van der Waals surface area contributed by atoms with Gasteiger partial charge >= 0.3 is 0 Å². The number of sulfonamides is 1. The number of benzene rings is 1. The van der Waals surface area contributed by atoms with Crippen LogP contribution in [0, 0.1) is 11.8 Å². The van der Waals surface area contributed by atoms with E-state index in [1.54, 1.807) is 0 Å². The third-order valence-electron chi connectivity index (χ3n) is 2.16. The highest BCUT2D eigenvalue weighted by atomic mass is 79.9. The fourth-order valence-electron chi connectivity index (χ4n) is 1.31. The van der Waals surface area contributed by atoms with Crippen molar-refractivity contribution in [2.45, 2.75) is 4.90 Å². The molecule has 2 aromatic rings. The summed E-state index contributed by atoms with van der Waals surface area (Å²) in [5.41, 5.74) is 0. The van der Waals surface area contributed by atoms with E-state index in [-0.39, 0.29) is 15.2 Å². The Kier molecular flexibility index (Phi) is 3.81. The van der Waals surface area contributed by atoms with Crippen molar-refractivity contribution < 1.29 is 17.2 Å². The molecule has 0 saturated carbocycles. The minimum Gasteiger partial charge on any atom is -0.263 e. The monoisotopic (exact) mass is 348 g/mol. The van der Waals surface area contributed by atoms with Crippen molar-refractivity contribution in [2.75, 3.05) is 4.72 Å². The Hall–Kier alpha value is -1.54. The van der Waals surface area contributed by atoms with Gasteiger partial charge in [0.15, 0.2) is 0 Å². The molecular formula is C11H7BrF2N2O2S. The summed E-state index contributed by atoms with van der Waals surface area (Å²) in [6.07, 6.45) is 0. The average Bonchev–Trinajstić information content (AvgIpc) is 2.32. The molecule has 0 amide bonds. The zero-order valence-electron chi connectivity index (χ0n) is 9.27. The number of hydrogen-bond donors (Lipinski definition) is 1. The summed E-state index contributed by atoms with van der Waals surface area (Å²) in [6.45, 7) is 0. The van der Waals surface area contributed by atoms with E-state index in [9.17, 15) is 17.2 Å². The highest BCUT2D eigenvalue weighted by molar-refractivity contribution is 9.10. The Labute approximate surface area is 116 Å². The van der Waals surface area contributed by atoms with Crippen LogP contribution in [0.1, 0.15) is 0 Å². The van der Waals surface area contributed by atoms with Gasteiger partial charge in [0.2, 0.25) is 5.95 Å². The first kappa shape index (κ1) is 13.9. The van der Waals surface area contributed by atoms with Crippen LogP contribution in [0.15, 0.2) is 45.8 Å². The van der Waals surface area contributed by atoms with Crippen LogP contribution >= 0.6 is 15.9 Å². The van der Waals surface area contributed by atoms with Crippen LogP contribution in [0.2, 0.25) is 0 Å². The lowest BCUT2D eigenvalue weighted by Crippen LogP contribution is -2.14. The van der Waals surface area contributed by atoms with Crippen LogP contribution in [0.3, 0.4) is 0 Å². The van der Waals surface area contributed by atoms with E-state index in [0.29, 0.717) is 0 Å². The molecule has 0 saturated heterocycles. The van der Waals surface area contributed by atoms with Crippen molar-refractivity contribution >= 4 is 31.8 Å². The van der Waals surface area contributed by atoms with Gasteiger partial charge in [-0.3, -0.25) is 4.72 Å². The van der Waals surface area contributed by atoms with Crippen molar-refractivity contribution in [1.29, 1.82) is 0 Å². The molecule has 0 bridgehead atoms. The molecule has 0 fully saturated rings. The molecule has 100 valence electrons. The van der Waals surface area contributed by atoms with Crippen LogP contribution < -0.4 is 4.72 Å². The largest absolute Gasteiger partial charge is 0.263 e. The van der Waals surface area contributed by atoms with Gasteiger partial charge in [-0.15, -0.1) is 0 Å². The number of nitrogens with one attached hydrogen (secondary N) is 1. The molecule has 19 heavy (non-hydrogen) atoms. The van der Waals surface area contributed by atoms with Crippen molar-refractivity contribution in [3.63, 3.8) is 0 Å². The van der Waals surface area contributed by atoms with Gasteiger partial charge < -0.3 is 0 Å². The minimum atomic E-state index is -4.01. The first-order valence-corrected chi connectivity index (χ1v) is 7.26. The summed E-state index contributed by atoms with van der Waals surface area (Å²) < 4.78 is 52.2. The number of hydrogen-bond acceptors (Lipinski definition) is 3. The topological polar surface area (TPSA) is 59.1 Å². The van der Waals surface area contributed by atoms with Gasteiger partial charge in [0.1, 0.15) is 11.6 Å². The van der Waals surface area contributed by atoms with Gasteiger partial charge in [0.25, 0.3) is 10.0 Å². The Morgan fingerprint density at radius 2 is 1.89 bits per heavy atom. The predicted molar refractivity (Wildman–Crippen MR) is 69.1 cm³/mol. The maximum absolute atomic E-state index is 13.3. The third kappa shape index (κ3) is 3.27. The molecule has 1 aromatic carbocycles. The summed E-state index contributed by atoms with van der Waals surface area (Å²) in [7, 11) is -4.01. The fraction of sp³-hybridized carbons (Fsp3) is 0. The van der Waals surface area contributed by atoms with E-state index in [1.807, 2.05) is 0 Å². The molecule has 0 aliphatic heterocycles. The summed E-state index contributed by atoms with van der Waals surface area (Å²) in [6, 6.07) is 7.01. The predicted octanol–water partition coefficient (Wildman–Crippen LogP) is 2.92. The number of nitrogens with zero attached hydrogens (tertiary/aromatic N) is 1. The SMILES string of the molecule is O=S(=O)(Nc1cccc(F)n1)c1ccc(Br)c(F)c1. The summed E-state index contributed by atoms with van der Waals surface area (Å²) in [4.78, 5) is 3.09. The summed E-state index contributed by atoms with van der Waals surface area (Å²) in [5.74, 6) is -1.71. The molecule has 0 spiro atoms. The second-order valence-corrected chi connectivity index (χ2v) is 6.06.